The molecule has 8 amide bonds. The minimum Gasteiger partial charge on any atom is -0.385 e. The average molecular weight is 2020 g/mol. The van der Waals surface area contributed by atoms with Gasteiger partial charge in [0.15, 0.2) is 0 Å². The number of nitrogens with zero attached hydrogens (tertiary/aromatic N) is 4. The second kappa shape index (κ2) is 64.0. The number of amides is 8. The van der Waals surface area contributed by atoms with Crippen molar-refractivity contribution in [3.8, 4) is 0 Å². The third kappa shape index (κ3) is 37.4. The van der Waals surface area contributed by atoms with Crippen molar-refractivity contribution < 1.29 is 76.1 Å². The van der Waals surface area contributed by atoms with Gasteiger partial charge in [0.25, 0.3) is 0 Å². The van der Waals surface area contributed by atoms with Gasteiger partial charge in [-0.05, 0) is 302 Å². The fraction of sp³-hybridized carbons (Fsp3) is 0.759. The van der Waals surface area contributed by atoms with Crippen LogP contribution in [0.5, 0.6) is 0 Å². The highest BCUT2D eigenvalue weighted by Crippen LogP contribution is 2.47. The predicted molar refractivity (Wildman–Crippen MR) is 570 cm³/mol. The lowest BCUT2D eigenvalue weighted by atomic mass is 9.73. The Morgan fingerprint density at radius 2 is 0.569 bits per heavy atom. The van der Waals surface area contributed by atoms with Crippen molar-refractivity contribution in [1.82, 2.24) is 62.1 Å². The second-order valence-electron chi connectivity index (χ2n) is 44.2. The van der Waals surface area contributed by atoms with Gasteiger partial charge in [0, 0.05) is 181 Å². The largest absolute Gasteiger partial charge is 0.385 e. The Bertz CT molecular complexity index is 4070. The number of likely N-dealkylation sites (tertiary alicyclic amines) is 4. The molecule has 12 rings (SSSR count). The summed E-state index contributed by atoms with van der Waals surface area (Å²) in [6, 6.07) is 20.3. The van der Waals surface area contributed by atoms with Gasteiger partial charge in [-0.15, -0.1) is 0 Å². The Kier molecular flexibility index (Phi) is 53.7. The van der Waals surface area contributed by atoms with Crippen LogP contribution in [-0.4, -0.2) is 250 Å². The van der Waals surface area contributed by atoms with E-state index in [2.05, 4.69) is 42.5 Å². The lowest BCUT2D eigenvalue weighted by molar-refractivity contribution is -0.0574. The lowest BCUT2D eigenvalue weighted by Gasteiger charge is -2.43. The molecule has 24 nitrogen and oxygen atoms in total. The van der Waals surface area contributed by atoms with Crippen molar-refractivity contribution in [2.24, 2.45) is 47.3 Å². The number of unbranched alkanes of at least 4 members (excludes halogenated alkanes) is 4. The van der Waals surface area contributed by atoms with Gasteiger partial charge in [0.1, 0.15) is 23.3 Å². The Balaban J connectivity index is 0.000000214. The van der Waals surface area contributed by atoms with E-state index in [1.165, 1.54) is 153 Å². The zero-order chi connectivity index (χ0) is 104. The molecule has 0 unspecified atom stereocenters. The summed E-state index contributed by atoms with van der Waals surface area (Å²) >= 11 is 0. The molecule has 0 bridgehead atoms. The van der Waals surface area contributed by atoms with Crippen molar-refractivity contribution in [3.05, 3.63) is 141 Å². The second-order valence-corrected chi connectivity index (χ2v) is 44.2. The summed E-state index contributed by atoms with van der Waals surface area (Å²) in [5, 5.41) is 74.4. The van der Waals surface area contributed by atoms with E-state index in [-0.39, 0.29) is 95.2 Å². The quantitative estimate of drug-likeness (QED) is 0.0145. The molecule has 144 heavy (non-hydrogen) atoms. The topological polar surface area (TPSA) is 295 Å². The van der Waals surface area contributed by atoms with Crippen LogP contribution in [0.3, 0.4) is 0 Å². The number of benzene rings is 4. The van der Waals surface area contributed by atoms with E-state index >= 15 is 0 Å². The standard InChI is InChI=1S/4C29H48FN3O3/c2*1-22-26(14-9-15-27(22)30)29(35,16-7-8-18-36-3)24-13-10-17-33(21-24)28(34)32-25(20-31-2)19-23-11-5-4-6-12-23;2*1-22-13-14-24(19-27(22)30)29(35,15-7-8-17-36-3)25-12-9-16-33(21-25)28(34)32-26(20-31-2)18-23-10-5-4-6-11-23/h2*9,14-15,23-25,31,35H,4-8,10-13,16-21H2,1-3H3,(H,32,34);2*13-14,19,23,25-26,31,35H,4-12,15-18,20-21H2,1-3H3,(H,32,34)/t24-,25+,29+;24-,25+,29-;25-,26+,29+;25-,26+,29-/m1111/s1. The fourth-order valence-electron chi connectivity index (χ4n) is 25.1. The first-order valence-electron chi connectivity index (χ1n) is 56.2. The van der Waals surface area contributed by atoms with Crippen LogP contribution in [0.1, 0.15) is 327 Å². The van der Waals surface area contributed by atoms with Gasteiger partial charge in [-0.25, -0.2) is 36.7 Å². The van der Waals surface area contributed by atoms with E-state index in [0.29, 0.717) is 173 Å². The number of aliphatic hydroxyl groups is 4. The summed E-state index contributed by atoms with van der Waals surface area (Å²) in [6.07, 6.45) is 44.7. The van der Waals surface area contributed by atoms with Crippen LogP contribution in [0.4, 0.5) is 36.7 Å². The van der Waals surface area contributed by atoms with Gasteiger partial charge in [-0.1, -0.05) is 177 Å². The number of methoxy groups -OCH3 is 4. The number of hydrogen-bond acceptors (Lipinski definition) is 16. The minimum absolute atomic E-state index is 0.0477. The summed E-state index contributed by atoms with van der Waals surface area (Å²) < 4.78 is 78.9. The molecule has 8 fully saturated rings. The molecule has 12 N–H and O–H groups in total. The number of rotatable bonds is 48. The molecule has 8 aliphatic rings. The SMILES string of the molecule is CNC[C@H](CC1CCCCC1)NC(=O)N1CCC[C@@H]([C@@](O)(CCCCOC)c2ccc(C)c(F)c2)C1.CNC[C@H](CC1CCCCC1)NC(=O)N1CCC[C@@H]([C@@](O)(CCCCOC)c2cccc(F)c2C)C1.CNC[C@H](CC1CCCCC1)NC(=O)N1CCC[C@@H]([C@](O)(CCCCOC)c2ccc(C)c(F)c2)C1.CNC[C@H](CC1CCCCC1)NC(=O)N1CCC[C@@H]([C@](O)(CCCCOC)c2cccc(F)c2C)C1. The fourth-order valence-corrected chi connectivity index (χ4v) is 25.1. The molecule has 12 atom stereocenters. The first-order valence-corrected chi connectivity index (χ1v) is 56.2. The molecule has 4 aromatic carbocycles. The van der Waals surface area contributed by atoms with Crippen molar-refractivity contribution in [2.45, 2.75) is 357 Å². The minimum atomic E-state index is -1.19. The van der Waals surface area contributed by atoms with E-state index in [1.54, 1.807) is 80.4 Å². The van der Waals surface area contributed by atoms with Gasteiger partial charge in [0.2, 0.25) is 0 Å². The lowest BCUT2D eigenvalue weighted by Crippen LogP contribution is -2.54. The Morgan fingerprint density at radius 1 is 0.326 bits per heavy atom. The Labute approximate surface area is 864 Å². The zero-order valence-corrected chi connectivity index (χ0v) is 90.6. The molecule has 4 aromatic rings. The van der Waals surface area contributed by atoms with Crippen LogP contribution in [0.25, 0.3) is 0 Å². The van der Waals surface area contributed by atoms with Gasteiger partial charge in [-0.2, -0.15) is 0 Å². The number of halogens is 4. The maximum Gasteiger partial charge on any atom is 0.317 e. The molecule has 0 spiro atoms. The highest BCUT2D eigenvalue weighted by molar-refractivity contribution is 5.76. The summed E-state index contributed by atoms with van der Waals surface area (Å²) in [6.45, 7) is 17.1. The Hall–Kier alpha value is -6.80. The molecule has 0 aromatic heterocycles. The molecule has 4 saturated heterocycles. The maximum absolute atomic E-state index is 14.5. The first kappa shape index (κ1) is 121. The molecule has 4 aliphatic carbocycles. The summed E-state index contributed by atoms with van der Waals surface area (Å²) in [5.41, 5.74) is -0.101. The van der Waals surface area contributed by atoms with Gasteiger partial charge < -0.3 is 102 Å². The van der Waals surface area contributed by atoms with E-state index in [9.17, 15) is 57.2 Å². The predicted octanol–water partition coefficient (Wildman–Crippen LogP) is 20.5. The molecule has 4 heterocycles. The molecule has 28 heteroatoms. The number of piperidine rings is 4. The zero-order valence-electron chi connectivity index (χ0n) is 90.6. The third-order valence-corrected chi connectivity index (χ3v) is 33.5. The number of aryl methyl sites for hydroxylation is 2. The Morgan fingerprint density at radius 3 is 0.806 bits per heavy atom. The summed E-state index contributed by atoms with van der Waals surface area (Å²) in [4.78, 5) is 61.0. The molecule has 4 aliphatic heterocycles. The van der Waals surface area contributed by atoms with Crippen molar-refractivity contribution in [1.29, 1.82) is 0 Å². The van der Waals surface area contributed by atoms with Gasteiger partial charge in [-0.3, -0.25) is 0 Å². The van der Waals surface area contributed by atoms with Crippen LogP contribution in [-0.2, 0) is 41.4 Å². The van der Waals surface area contributed by atoms with Gasteiger partial charge >= 0.3 is 24.1 Å². The number of carbonyl (C=O) groups excluding carboxylic acids is 4. The smallest absolute Gasteiger partial charge is 0.317 e. The number of likely N-dealkylation sites (N-methyl/N-ethyl adjacent to an activating group) is 4. The van der Waals surface area contributed by atoms with Crippen LogP contribution >= 0.6 is 0 Å². The highest BCUT2D eigenvalue weighted by Gasteiger charge is 2.48. The van der Waals surface area contributed by atoms with E-state index in [1.807, 2.05) is 72.1 Å². The number of hydrogen-bond donors (Lipinski definition) is 12. The number of ether oxygens (including phenoxy) is 4. The van der Waals surface area contributed by atoms with Crippen LogP contribution < -0.4 is 42.5 Å². The molecule has 0 radical (unpaired) electrons. The van der Waals surface area contributed by atoms with Crippen LogP contribution in [0, 0.1) is 98.3 Å². The van der Waals surface area contributed by atoms with Crippen molar-refractivity contribution in [3.63, 3.8) is 0 Å². The normalized spacial score (nSPS) is 21.7. The average Bonchev–Trinajstić information content (AvgIpc) is 0.772. The van der Waals surface area contributed by atoms with Crippen LogP contribution in [0.2, 0.25) is 0 Å². The van der Waals surface area contributed by atoms with E-state index in [0.717, 1.165) is 155 Å². The van der Waals surface area contributed by atoms with Crippen LogP contribution in [0.15, 0.2) is 72.8 Å². The molecular formula is C116H192F4N12O12. The van der Waals surface area contributed by atoms with Gasteiger partial charge in [0.05, 0.1) is 22.4 Å². The first-order chi connectivity index (χ1) is 69.5. The van der Waals surface area contributed by atoms with E-state index in [4.69, 9.17) is 18.9 Å². The van der Waals surface area contributed by atoms with Crippen molar-refractivity contribution >= 4 is 24.1 Å². The molecule has 816 valence electrons. The summed E-state index contributed by atoms with van der Waals surface area (Å²) in [5.74, 6) is 0.917. The monoisotopic (exact) mass is 2020 g/mol. The highest BCUT2D eigenvalue weighted by atomic mass is 19.1. The van der Waals surface area contributed by atoms with E-state index < -0.39 is 22.4 Å². The summed E-state index contributed by atoms with van der Waals surface area (Å²) in [7, 11) is 14.4. The number of carbonyl (C=O) groups is 4. The maximum atomic E-state index is 14.5. The van der Waals surface area contributed by atoms with Crippen molar-refractivity contribution in [2.75, 3.05) is 162 Å². The third-order valence-electron chi connectivity index (χ3n) is 33.5. The number of nitrogens with one attached hydrogen (secondary N) is 8. The molecule has 4 saturated carbocycles. The molecular weight excluding hydrogens is 1830 g/mol. The number of urea groups is 4.